The van der Waals surface area contributed by atoms with Crippen LogP contribution in [0.4, 0.5) is 0 Å². The zero-order valence-electron chi connectivity index (χ0n) is 14.9. The van der Waals surface area contributed by atoms with E-state index in [1.54, 1.807) is 0 Å². The Kier molecular flexibility index (Phi) is 6.51. The number of aliphatic carboxylic acids is 1. The lowest BCUT2D eigenvalue weighted by molar-refractivity contribution is -0.146. The van der Waals surface area contributed by atoms with Gasteiger partial charge in [0.05, 0.1) is 6.54 Å². The minimum absolute atomic E-state index is 0.0422. The minimum atomic E-state index is -0.816. The fraction of sp³-hybridized carbons (Fsp3) is 0.579. The van der Waals surface area contributed by atoms with E-state index in [-0.39, 0.29) is 12.5 Å². The molecule has 0 radical (unpaired) electrons. The molecule has 0 aromatic heterocycles. The third kappa shape index (κ3) is 4.96. The van der Waals surface area contributed by atoms with Gasteiger partial charge in [0.1, 0.15) is 6.04 Å². The molecule has 1 aromatic carbocycles. The lowest BCUT2D eigenvalue weighted by Crippen LogP contribution is -2.53. The summed E-state index contributed by atoms with van der Waals surface area (Å²) >= 11 is 6.04. The van der Waals surface area contributed by atoms with Crippen LogP contribution in [0.2, 0.25) is 5.02 Å². The molecule has 6 nitrogen and oxygen atoms in total. The Balaban J connectivity index is 1.48. The van der Waals surface area contributed by atoms with Crippen molar-refractivity contribution < 1.29 is 14.7 Å². The minimum Gasteiger partial charge on any atom is -0.480 e. The van der Waals surface area contributed by atoms with Gasteiger partial charge < -0.3 is 10.0 Å². The maximum atomic E-state index is 12.6. The van der Waals surface area contributed by atoms with Crippen molar-refractivity contribution in [2.75, 3.05) is 39.3 Å². The van der Waals surface area contributed by atoms with Crippen LogP contribution in [0.3, 0.4) is 0 Å². The van der Waals surface area contributed by atoms with Crippen molar-refractivity contribution in [2.24, 2.45) is 0 Å². The number of benzene rings is 1. The van der Waals surface area contributed by atoms with Gasteiger partial charge in [-0.25, -0.2) is 0 Å². The number of carboxylic acids is 1. The summed E-state index contributed by atoms with van der Waals surface area (Å²) in [5.41, 5.74) is 1.18. The Labute approximate surface area is 159 Å². The predicted octanol–water partition coefficient (Wildman–Crippen LogP) is 1.92. The number of amides is 1. The van der Waals surface area contributed by atoms with E-state index in [0.29, 0.717) is 26.1 Å². The molecule has 2 aliphatic rings. The molecule has 142 valence electrons. The van der Waals surface area contributed by atoms with Crippen molar-refractivity contribution in [3.8, 4) is 0 Å². The van der Waals surface area contributed by atoms with Gasteiger partial charge in [0.25, 0.3) is 0 Å². The fourth-order valence-corrected chi connectivity index (χ4v) is 4.00. The van der Waals surface area contributed by atoms with Crippen LogP contribution in [0, 0.1) is 0 Å². The van der Waals surface area contributed by atoms with Gasteiger partial charge in [0, 0.05) is 37.7 Å². The Hall–Kier alpha value is -1.63. The molecule has 0 spiro atoms. The van der Waals surface area contributed by atoms with Crippen molar-refractivity contribution in [1.82, 2.24) is 14.7 Å². The monoisotopic (exact) mass is 379 g/mol. The summed E-state index contributed by atoms with van der Waals surface area (Å²) in [6.45, 7) is 4.75. The van der Waals surface area contributed by atoms with Crippen LogP contribution >= 0.6 is 11.6 Å². The normalized spacial score (nSPS) is 22.3. The summed E-state index contributed by atoms with van der Waals surface area (Å²) in [6, 6.07) is 7.34. The summed E-state index contributed by atoms with van der Waals surface area (Å²) in [7, 11) is 0. The summed E-state index contributed by atoms with van der Waals surface area (Å²) in [5.74, 6) is -0.774. The third-order valence-corrected chi connectivity index (χ3v) is 5.49. The van der Waals surface area contributed by atoms with Gasteiger partial charge in [-0.1, -0.05) is 30.2 Å². The zero-order chi connectivity index (χ0) is 18.5. The van der Waals surface area contributed by atoms with Gasteiger partial charge in [0.2, 0.25) is 5.91 Å². The van der Waals surface area contributed by atoms with Crippen LogP contribution in [-0.2, 0) is 16.1 Å². The number of rotatable bonds is 5. The number of carboxylic acid groups (broad SMARTS) is 1. The van der Waals surface area contributed by atoms with E-state index in [2.05, 4.69) is 11.0 Å². The van der Waals surface area contributed by atoms with E-state index in [1.165, 1.54) is 5.56 Å². The lowest BCUT2D eigenvalue weighted by Gasteiger charge is -2.37. The average Bonchev–Trinajstić information content (AvgIpc) is 2.62. The average molecular weight is 380 g/mol. The number of halogens is 1. The zero-order valence-corrected chi connectivity index (χ0v) is 15.7. The highest BCUT2D eigenvalue weighted by atomic mass is 35.5. The summed E-state index contributed by atoms with van der Waals surface area (Å²) in [5, 5.41) is 10.1. The van der Waals surface area contributed by atoms with Crippen molar-refractivity contribution in [2.45, 2.75) is 31.8 Å². The van der Waals surface area contributed by atoms with Crippen LogP contribution in [-0.4, -0.2) is 77.0 Å². The van der Waals surface area contributed by atoms with Gasteiger partial charge in [-0.2, -0.15) is 0 Å². The number of nitrogens with zero attached hydrogens (tertiary/aromatic N) is 3. The SMILES string of the molecule is O=C(O)C1CCCCN1CC(=O)N1CCN(Cc2cccc(Cl)c2)CC1. The van der Waals surface area contributed by atoms with E-state index < -0.39 is 12.0 Å². The van der Waals surface area contributed by atoms with Crippen LogP contribution in [0.1, 0.15) is 24.8 Å². The van der Waals surface area contributed by atoms with Gasteiger partial charge in [-0.15, -0.1) is 0 Å². The summed E-state index contributed by atoms with van der Waals surface area (Å²) in [4.78, 5) is 30.0. The molecule has 7 heteroatoms. The number of hydrogen-bond donors (Lipinski definition) is 1. The van der Waals surface area contributed by atoms with Crippen LogP contribution in [0.25, 0.3) is 0 Å². The van der Waals surface area contributed by atoms with Crippen LogP contribution in [0.5, 0.6) is 0 Å². The fourth-order valence-electron chi connectivity index (χ4n) is 3.78. The number of carbonyl (C=O) groups is 2. The first kappa shape index (κ1) is 19.1. The molecule has 26 heavy (non-hydrogen) atoms. The van der Waals surface area contributed by atoms with Crippen molar-refractivity contribution >= 4 is 23.5 Å². The van der Waals surface area contributed by atoms with E-state index in [0.717, 1.165) is 37.5 Å². The van der Waals surface area contributed by atoms with Gasteiger partial charge in [-0.05, 0) is 37.1 Å². The molecule has 2 aliphatic heterocycles. The molecule has 1 aromatic rings. The maximum absolute atomic E-state index is 12.6. The Morgan fingerprint density at radius 2 is 1.88 bits per heavy atom. The van der Waals surface area contributed by atoms with Gasteiger partial charge in [0.15, 0.2) is 0 Å². The second-order valence-corrected chi connectivity index (χ2v) is 7.54. The predicted molar refractivity (Wildman–Crippen MR) is 100 cm³/mol. The second-order valence-electron chi connectivity index (χ2n) is 7.11. The highest BCUT2D eigenvalue weighted by molar-refractivity contribution is 6.30. The van der Waals surface area contributed by atoms with Crippen LogP contribution < -0.4 is 0 Å². The van der Waals surface area contributed by atoms with Crippen molar-refractivity contribution in [1.29, 1.82) is 0 Å². The van der Waals surface area contributed by atoms with E-state index in [9.17, 15) is 14.7 Å². The molecular formula is C19H26ClN3O3. The lowest BCUT2D eigenvalue weighted by atomic mass is 10.0. The number of hydrogen-bond acceptors (Lipinski definition) is 4. The first-order valence-corrected chi connectivity index (χ1v) is 9.62. The van der Waals surface area contributed by atoms with E-state index in [4.69, 9.17) is 11.6 Å². The second kappa shape index (κ2) is 8.84. The third-order valence-electron chi connectivity index (χ3n) is 5.26. The first-order chi connectivity index (χ1) is 12.5. The van der Waals surface area contributed by atoms with Gasteiger partial charge >= 0.3 is 5.97 Å². The molecule has 2 fully saturated rings. The summed E-state index contributed by atoms with van der Waals surface area (Å²) in [6.07, 6.45) is 2.52. The molecule has 2 saturated heterocycles. The molecule has 0 saturated carbocycles. The largest absolute Gasteiger partial charge is 0.480 e. The molecule has 1 amide bonds. The van der Waals surface area contributed by atoms with Gasteiger partial charge in [-0.3, -0.25) is 19.4 Å². The maximum Gasteiger partial charge on any atom is 0.320 e. The molecule has 0 aliphatic carbocycles. The Morgan fingerprint density at radius 1 is 1.12 bits per heavy atom. The molecule has 1 atom stereocenters. The molecule has 0 bridgehead atoms. The Morgan fingerprint density at radius 3 is 2.58 bits per heavy atom. The molecular weight excluding hydrogens is 354 g/mol. The highest BCUT2D eigenvalue weighted by Crippen LogP contribution is 2.18. The molecule has 3 rings (SSSR count). The van der Waals surface area contributed by atoms with E-state index in [1.807, 2.05) is 28.0 Å². The number of piperidine rings is 1. The molecule has 1 N–H and O–H groups in total. The number of likely N-dealkylation sites (tertiary alicyclic amines) is 1. The van der Waals surface area contributed by atoms with Crippen molar-refractivity contribution in [3.05, 3.63) is 34.9 Å². The quantitative estimate of drug-likeness (QED) is 0.846. The smallest absolute Gasteiger partial charge is 0.320 e. The van der Waals surface area contributed by atoms with E-state index >= 15 is 0 Å². The first-order valence-electron chi connectivity index (χ1n) is 9.24. The molecule has 1 unspecified atom stereocenters. The summed E-state index contributed by atoms with van der Waals surface area (Å²) < 4.78 is 0. The van der Waals surface area contributed by atoms with Crippen LogP contribution in [0.15, 0.2) is 24.3 Å². The number of piperazine rings is 1. The highest BCUT2D eigenvalue weighted by Gasteiger charge is 2.31. The standard InChI is InChI=1S/C19H26ClN3O3/c20-16-5-3-4-15(12-16)13-21-8-10-22(11-9-21)18(24)14-23-7-2-1-6-17(23)19(25)26/h3-5,12,17H,1-2,6-11,13-14H2,(H,25,26). The molecule has 2 heterocycles. The van der Waals surface area contributed by atoms with Crippen molar-refractivity contribution in [3.63, 3.8) is 0 Å². The number of carbonyl (C=O) groups excluding carboxylic acids is 1. The topological polar surface area (TPSA) is 64.1 Å². The Bertz CT molecular complexity index is 647.